The van der Waals surface area contributed by atoms with Gasteiger partial charge >= 0.3 is 0 Å². The SMILES string of the molecule is CC(C)CNCc1cnc(N(C)CC2CCN(C)CC2)s1. The van der Waals surface area contributed by atoms with Crippen LogP contribution in [-0.2, 0) is 6.54 Å². The van der Waals surface area contributed by atoms with E-state index in [-0.39, 0.29) is 0 Å². The van der Waals surface area contributed by atoms with Gasteiger partial charge in [-0.05, 0) is 51.4 Å². The standard InChI is InChI=1S/C16H30N4S/c1-13(2)9-17-10-15-11-18-16(21-15)20(4)12-14-5-7-19(3)8-6-14/h11,13-14,17H,5-10,12H2,1-4H3. The molecule has 0 atom stereocenters. The van der Waals surface area contributed by atoms with E-state index in [1.54, 1.807) is 0 Å². The summed E-state index contributed by atoms with van der Waals surface area (Å²) in [5, 5.41) is 4.65. The van der Waals surface area contributed by atoms with Gasteiger partial charge in [0.25, 0.3) is 0 Å². The number of likely N-dealkylation sites (tertiary alicyclic amines) is 1. The Morgan fingerprint density at radius 1 is 1.43 bits per heavy atom. The van der Waals surface area contributed by atoms with Crippen LogP contribution in [0.2, 0.25) is 0 Å². The fraction of sp³-hybridized carbons (Fsp3) is 0.812. The average Bonchev–Trinajstić information content (AvgIpc) is 2.90. The van der Waals surface area contributed by atoms with E-state index in [0.717, 1.165) is 30.7 Å². The van der Waals surface area contributed by atoms with Crippen LogP contribution >= 0.6 is 11.3 Å². The summed E-state index contributed by atoms with van der Waals surface area (Å²) in [7, 11) is 4.40. The molecule has 1 saturated heterocycles. The van der Waals surface area contributed by atoms with Crippen molar-refractivity contribution in [1.82, 2.24) is 15.2 Å². The summed E-state index contributed by atoms with van der Waals surface area (Å²) < 4.78 is 0. The van der Waals surface area contributed by atoms with Crippen LogP contribution in [-0.4, -0.2) is 50.2 Å². The second-order valence-corrected chi connectivity index (χ2v) is 7.85. The van der Waals surface area contributed by atoms with Crippen molar-refractivity contribution >= 4 is 16.5 Å². The van der Waals surface area contributed by atoms with Crippen molar-refractivity contribution in [3.8, 4) is 0 Å². The van der Waals surface area contributed by atoms with Gasteiger partial charge in [0.15, 0.2) is 5.13 Å². The van der Waals surface area contributed by atoms with Gasteiger partial charge in [-0.2, -0.15) is 0 Å². The lowest BCUT2D eigenvalue weighted by molar-refractivity contribution is 0.222. The van der Waals surface area contributed by atoms with Crippen LogP contribution in [0, 0.1) is 11.8 Å². The second-order valence-electron chi connectivity index (χ2n) is 6.76. The van der Waals surface area contributed by atoms with Gasteiger partial charge in [0.05, 0.1) is 0 Å². The van der Waals surface area contributed by atoms with Crippen LogP contribution in [0.15, 0.2) is 6.20 Å². The van der Waals surface area contributed by atoms with Crippen molar-refractivity contribution in [2.45, 2.75) is 33.2 Å². The molecule has 0 radical (unpaired) electrons. The van der Waals surface area contributed by atoms with Crippen molar-refractivity contribution in [3.05, 3.63) is 11.1 Å². The molecule has 5 heteroatoms. The molecule has 1 N–H and O–H groups in total. The van der Waals surface area contributed by atoms with Gasteiger partial charge in [0.2, 0.25) is 0 Å². The highest BCUT2D eigenvalue weighted by Gasteiger charge is 2.19. The molecule has 0 amide bonds. The quantitative estimate of drug-likeness (QED) is 0.839. The number of nitrogens with zero attached hydrogens (tertiary/aromatic N) is 3. The second kappa shape index (κ2) is 8.11. The molecule has 1 aromatic rings. The molecule has 120 valence electrons. The normalized spacial score (nSPS) is 17.6. The van der Waals surface area contributed by atoms with Crippen LogP contribution in [0.3, 0.4) is 0 Å². The van der Waals surface area contributed by atoms with E-state index >= 15 is 0 Å². The number of anilines is 1. The fourth-order valence-electron chi connectivity index (χ4n) is 2.75. The lowest BCUT2D eigenvalue weighted by Crippen LogP contribution is -2.35. The number of rotatable bonds is 7. The van der Waals surface area contributed by atoms with E-state index < -0.39 is 0 Å². The zero-order chi connectivity index (χ0) is 15.2. The molecule has 1 aliphatic heterocycles. The number of nitrogens with one attached hydrogen (secondary N) is 1. The van der Waals surface area contributed by atoms with Crippen molar-refractivity contribution in [3.63, 3.8) is 0 Å². The Bertz CT molecular complexity index is 410. The summed E-state index contributed by atoms with van der Waals surface area (Å²) >= 11 is 1.82. The molecule has 0 spiro atoms. The van der Waals surface area contributed by atoms with E-state index in [9.17, 15) is 0 Å². The minimum atomic E-state index is 0.699. The van der Waals surface area contributed by atoms with Crippen LogP contribution in [0.1, 0.15) is 31.6 Å². The zero-order valence-corrected chi connectivity index (χ0v) is 14.7. The molecule has 2 rings (SSSR count). The fourth-order valence-corrected chi connectivity index (χ4v) is 3.60. The third-order valence-electron chi connectivity index (χ3n) is 4.09. The Balaban J connectivity index is 1.77. The Labute approximate surface area is 133 Å². The third kappa shape index (κ3) is 5.57. The summed E-state index contributed by atoms with van der Waals surface area (Å²) in [4.78, 5) is 10.7. The molecule has 1 aliphatic rings. The van der Waals surface area contributed by atoms with E-state index in [1.807, 2.05) is 17.5 Å². The first-order valence-corrected chi connectivity index (χ1v) is 8.91. The van der Waals surface area contributed by atoms with Gasteiger partial charge in [-0.1, -0.05) is 13.8 Å². The monoisotopic (exact) mass is 310 g/mol. The predicted molar refractivity (Wildman–Crippen MR) is 92.1 cm³/mol. The maximum absolute atomic E-state index is 4.59. The average molecular weight is 311 g/mol. The van der Waals surface area contributed by atoms with E-state index in [0.29, 0.717) is 5.92 Å². The molecule has 0 aromatic carbocycles. The minimum absolute atomic E-state index is 0.699. The molecule has 1 aromatic heterocycles. The lowest BCUT2D eigenvalue weighted by atomic mass is 9.97. The number of thiazole rings is 1. The summed E-state index contributed by atoms with van der Waals surface area (Å²) in [5.41, 5.74) is 0. The highest BCUT2D eigenvalue weighted by Crippen LogP contribution is 2.24. The number of hydrogen-bond donors (Lipinski definition) is 1. The molecule has 2 heterocycles. The summed E-state index contributed by atoms with van der Waals surface area (Å²) in [6, 6.07) is 0. The van der Waals surface area contributed by atoms with Crippen molar-refractivity contribution in [2.24, 2.45) is 11.8 Å². The molecule has 0 bridgehead atoms. The Kier molecular flexibility index (Phi) is 6.45. The first-order chi connectivity index (χ1) is 10.0. The van der Waals surface area contributed by atoms with Gasteiger partial charge in [0.1, 0.15) is 0 Å². The van der Waals surface area contributed by atoms with E-state index in [1.165, 1.54) is 30.8 Å². The number of piperidine rings is 1. The maximum atomic E-state index is 4.59. The largest absolute Gasteiger partial charge is 0.351 e. The molecular formula is C16H30N4S. The Hall–Kier alpha value is -0.650. The summed E-state index contributed by atoms with van der Waals surface area (Å²) in [6.07, 6.45) is 4.66. The first kappa shape index (κ1) is 16.7. The van der Waals surface area contributed by atoms with E-state index in [4.69, 9.17) is 0 Å². The zero-order valence-electron chi connectivity index (χ0n) is 13.9. The molecule has 1 fully saturated rings. The number of aromatic nitrogens is 1. The topological polar surface area (TPSA) is 31.4 Å². The van der Waals surface area contributed by atoms with Crippen molar-refractivity contribution in [2.75, 3.05) is 45.2 Å². The van der Waals surface area contributed by atoms with Crippen LogP contribution in [0.5, 0.6) is 0 Å². The third-order valence-corrected chi connectivity index (χ3v) is 5.20. The van der Waals surface area contributed by atoms with Crippen LogP contribution in [0.25, 0.3) is 0 Å². The van der Waals surface area contributed by atoms with Crippen LogP contribution in [0.4, 0.5) is 5.13 Å². The van der Waals surface area contributed by atoms with Gasteiger partial charge in [0, 0.05) is 31.2 Å². The molecular weight excluding hydrogens is 280 g/mol. The van der Waals surface area contributed by atoms with Crippen LogP contribution < -0.4 is 10.2 Å². The van der Waals surface area contributed by atoms with Crippen molar-refractivity contribution < 1.29 is 0 Å². The Morgan fingerprint density at radius 3 is 2.81 bits per heavy atom. The lowest BCUT2D eigenvalue weighted by Gasteiger charge is -2.31. The predicted octanol–water partition coefficient (Wildman–Crippen LogP) is 2.67. The molecule has 21 heavy (non-hydrogen) atoms. The molecule has 0 aliphatic carbocycles. The van der Waals surface area contributed by atoms with Gasteiger partial charge in [-0.15, -0.1) is 11.3 Å². The summed E-state index contributed by atoms with van der Waals surface area (Å²) in [6.45, 7) is 10.1. The Morgan fingerprint density at radius 2 is 2.14 bits per heavy atom. The van der Waals surface area contributed by atoms with Crippen molar-refractivity contribution in [1.29, 1.82) is 0 Å². The molecule has 0 unspecified atom stereocenters. The highest BCUT2D eigenvalue weighted by atomic mass is 32.1. The number of hydrogen-bond acceptors (Lipinski definition) is 5. The van der Waals surface area contributed by atoms with Gasteiger partial charge < -0.3 is 15.1 Å². The van der Waals surface area contributed by atoms with Gasteiger partial charge in [-0.25, -0.2) is 4.98 Å². The maximum Gasteiger partial charge on any atom is 0.185 e. The molecule has 4 nitrogen and oxygen atoms in total. The molecule has 0 saturated carbocycles. The summed E-state index contributed by atoms with van der Waals surface area (Å²) in [5.74, 6) is 1.52. The first-order valence-electron chi connectivity index (χ1n) is 8.09. The minimum Gasteiger partial charge on any atom is -0.351 e. The highest BCUT2D eigenvalue weighted by molar-refractivity contribution is 7.15. The van der Waals surface area contributed by atoms with Gasteiger partial charge in [-0.3, -0.25) is 0 Å². The van der Waals surface area contributed by atoms with E-state index in [2.05, 4.69) is 48.0 Å². The smallest absolute Gasteiger partial charge is 0.185 e.